The second kappa shape index (κ2) is 8.49. The maximum Gasteiger partial charge on any atom is 0.410 e. The van der Waals surface area contributed by atoms with Crippen LogP contribution in [0.25, 0.3) is 0 Å². The average Bonchev–Trinajstić information content (AvgIpc) is 2.59. The monoisotopic (exact) mass is 366 g/mol. The van der Waals surface area contributed by atoms with Crippen LogP contribution >= 0.6 is 0 Å². The highest BCUT2D eigenvalue weighted by atomic mass is 19.1. The van der Waals surface area contributed by atoms with E-state index in [1.165, 1.54) is 7.11 Å². The molecule has 0 atom stereocenters. The summed E-state index contributed by atoms with van der Waals surface area (Å²) in [5.74, 6) is -0.404. The van der Waals surface area contributed by atoms with Gasteiger partial charge >= 0.3 is 6.09 Å². The molecule has 0 spiro atoms. The summed E-state index contributed by atoms with van der Waals surface area (Å²) in [6, 6.07) is 4.87. The topological polar surface area (TPSA) is 71.4 Å². The molecule has 1 heterocycles. The number of piperidine rings is 1. The maximum atomic E-state index is 14.6. The highest BCUT2D eigenvalue weighted by Crippen LogP contribution is 2.28. The Morgan fingerprint density at radius 3 is 2.54 bits per heavy atom. The molecule has 0 unspecified atom stereocenters. The van der Waals surface area contributed by atoms with Gasteiger partial charge in [-0.2, -0.15) is 0 Å². The van der Waals surface area contributed by atoms with Crippen molar-refractivity contribution in [3.63, 3.8) is 0 Å². The molecular weight excluding hydrogens is 339 g/mol. The number of nitrogens with zero attached hydrogens (tertiary/aromatic N) is 2. The van der Waals surface area contributed by atoms with Crippen LogP contribution in [0.1, 0.15) is 39.2 Å². The van der Waals surface area contributed by atoms with E-state index in [0.29, 0.717) is 37.2 Å². The van der Waals surface area contributed by atoms with Gasteiger partial charge in [0.25, 0.3) is 0 Å². The Kier molecular flexibility index (Phi) is 6.58. The first-order chi connectivity index (χ1) is 12.3. The van der Waals surface area contributed by atoms with Crippen LogP contribution in [0, 0.1) is 11.7 Å². The smallest absolute Gasteiger partial charge is 0.410 e. The molecule has 1 amide bonds. The molecule has 2 rings (SSSR count). The lowest BCUT2D eigenvalue weighted by Crippen LogP contribution is -2.43. The number of ether oxygens (including phenoxy) is 2. The van der Waals surface area contributed by atoms with E-state index in [0.717, 1.165) is 0 Å². The van der Waals surface area contributed by atoms with Gasteiger partial charge in [0.1, 0.15) is 12.3 Å². The van der Waals surface area contributed by atoms with Gasteiger partial charge in [-0.15, -0.1) is 0 Å². The fraction of sp³-hybridized carbons (Fsp3) is 0.579. The van der Waals surface area contributed by atoms with Crippen LogP contribution in [0.3, 0.4) is 0 Å². The molecule has 0 radical (unpaired) electrons. The van der Waals surface area contributed by atoms with E-state index >= 15 is 0 Å². The van der Waals surface area contributed by atoms with Crippen LogP contribution < -0.4 is 4.74 Å². The van der Waals surface area contributed by atoms with Crippen LogP contribution in [0.5, 0.6) is 5.75 Å². The van der Waals surface area contributed by atoms with Crippen molar-refractivity contribution < 1.29 is 23.8 Å². The van der Waals surface area contributed by atoms with E-state index in [-0.39, 0.29) is 17.8 Å². The molecule has 7 heteroatoms. The minimum absolute atomic E-state index is 0.0533. The molecule has 0 saturated carbocycles. The molecule has 1 fully saturated rings. The number of benzene rings is 1. The number of carbonyl (C=O) groups is 1. The zero-order valence-electron chi connectivity index (χ0n) is 15.8. The molecule has 1 aliphatic rings. The van der Waals surface area contributed by atoms with Gasteiger partial charge in [0, 0.05) is 24.6 Å². The van der Waals surface area contributed by atoms with Crippen LogP contribution in [-0.2, 0) is 4.74 Å². The van der Waals surface area contributed by atoms with Crippen molar-refractivity contribution in [2.45, 2.75) is 39.2 Å². The summed E-state index contributed by atoms with van der Waals surface area (Å²) in [4.78, 5) is 18.0. The Morgan fingerprint density at radius 2 is 2.00 bits per heavy atom. The molecule has 1 saturated heterocycles. The van der Waals surface area contributed by atoms with Crippen molar-refractivity contribution in [3.8, 4) is 5.75 Å². The normalized spacial score (nSPS) is 16.5. The SMILES string of the molecule is COc1cccc(C(=NCO)C2CCN(C(=O)OC(C)(C)C)CC2)c1F. The van der Waals surface area contributed by atoms with Crippen molar-refractivity contribution in [1.82, 2.24) is 4.90 Å². The Labute approximate surface area is 153 Å². The highest BCUT2D eigenvalue weighted by molar-refractivity contribution is 6.03. The van der Waals surface area contributed by atoms with Crippen LogP contribution in [0.4, 0.5) is 9.18 Å². The largest absolute Gasteiger partial charge is 0.494 e. The van der Waals surface area contributed by atoms with Crippen molar-refractivity contribution in [2.24, 2.45) is 10.9 Å². The number of rotatable bonds is 4. The molecule has 1 aromatic carbocycles. The summed E-state index contributed by atoms with van der Waals surface area (Å²) < 4.78 is 25.0. The highest BCUT2D eigenvalue weighted by Gasteiger charge is 2.30. The Hall–Kier alpha value is -2.15. The lowest BCUT2D eigenvalue weighted by atomic mass is 9.87. The van der Waals surface area contributed by atoms with Gasteiger partial charge in [0.2, 0.25) is 0 Å². The fourth-order valence-corrected chi connectivity index (χ4v) is 3.04. The molecular formula is C19H27FN2O4. The summed E-state index contributed by atoms with van der Waals surface area (Å²) in [5, 5.41) is 9.29. The molecule has 144 valence electrons. The molecule has 1 N–H and O–H groups in total. The number of halogens is 1. The van der Waals surface area contributed by atoms with Crippen LogP contribution in [-0.4, -0.2) is 54.3 Å². The summed E-state index contributed by atoms with van der Waals surface area (Å²) in [6.07, 6.45) is 0.896. The van der Waals surface area contributed by atoms with E-state index in [4.69, 9.17) is 9.47 Å². The number of methoxy groups -OCH3 is 1. The van der Waals surface area contributed by atoms with E-state index in [1.807, 2.05) is 20.8 Å². The molecule has 1 aromatic rings. The lowest BCUT2D eigenvalue weighted by Gasteiger charge is -2.34. The maximum absolute atomic E-state index is 14.6. The zero-order valence-corrected chi connectivity index (χ0v) is 15.8. The van der Waals surface area contributed by atoms with Gasteiger partial charge in [-0.25, -0.2) is 9.18 Å². The van der Waals surface area contributed by atoms with E-state index in [2.05, 4.69) is 4.99 Å². The van der Waals surface area contributed by atoms with Gasteiger partial charge < -0.3 is 19.5 Å². The van der Waals surface area contributed by atoms with Gasteiger partial charge in [-0.1, -0.05) is 6.07 Å². The molecule has 0 aromatic heterocycles. The standard InChI is InChI=1S/C19H27FN2O4/c1-19(2,3)26-18(24)22-10-8-13(9-11-22)17(21-12-23)14-6-5-7-15(25-4)16(14)20/h5-7,13,23H,8-12H2,1-4H3. The Bertz CT molecular complexity index is 662. The number of hydrogen-bond donors (Lipinski definition) is 1. The van der Waals surface area contributed by atoms with Gasteiger partial charge in [0.15, 0.2) is 11.6 Å². The lowest BCUT2D eigenvalue weighted by molar-refractivity contribution is 0.0201. The second-order valence-electron chi connectivity index (χ2n) is 7.25. The number of aliphatic hydroxyl groups excluding tert-OH is 1. The molecule has 6 nitrogen and oxygen atoms in total. The molecule has 0 aliphatic carbocycles. The average molecular weight is 366 g/mol. The van der Waals surface area contributed by atoms with Gasteiger partial charge in [-0.3, -0.25) is 4.99 Å². The fourth-order valence-electron chi connectivity index (χ4n) is 3.04. The molecule has 26 heavy (non-hydrogen) atoms. The summed E-state index contributed by atoms with van der Waals surface area (Å²) in [7, 11) is 1.41. The number of amides is 1. The van der Waals surface area contributed by atoms with Gasteiger partial charge in [-0.05, 0) is 45.7 Å². The second-order valence-corrected chi connectivity index (χ2v) is 7.25. The molecule has 1 aliphatic heterocycles. The summed E-state index contributed by atoms with van der Waals surface area (Å²) in [6.45, 7) is 6.06. The quantitative estimate of drug-likeness (QED) is 0.831. The summed E-state index contributed by atoms with van der Waals surface area (Å²) in [5.41, 5.74) is 0.295. The number of carbonyl (C=O) groups excluding carboxylic acids is 1. The van der Waals surface area contributed by atoms with Crippen molar-refractivity contribution in [1.29, 1.82) is 0 Å². The van der Waals surface area contributed by atoms with Crippen molar-refractivity contribution >= 4 is 11.8 Å². The van der Waals surface area contributed by atoms with E-state index in [1.54, 1.807) is 23.1 Å². The zero-order chi connectivity index (χ0) is 19.3. The Morgan fingerprint density at radius 1 is 1.35 bits per heavy atom. The van der Waals surface area contributed by atoms with Gasteiger partial charge in [0.05, 0.1) is 12.8 Å². The number of likely N-dealkylation sites (tertiary alicyclic amines) is 1. The third-order valence-electron chi connectivity index (χ3n) is 4.23. The van der Waals surface area contributed by atoms with E-state index in [9.17, 15) is 14.3 Å². The number of aliphatic hydroxyl groups is 1. The van der Waals surface area contributed by atoms with Crippen LogP contribution in [0.2, 0.25) is 0 Å². The van der Waals surface area contributed by atoms with Crippen molar-refractivity contribution in [2.75, 3.05) is 26.9 Å². The minimum Gasteiger partial charge on any atom is -0.494 e. The first-order valence-electron chi connectivity index (χ1n) is 8.73. The molecule has 0 bridgehead atoms. The van der Waals surface area contributed by atoms with Crippen molar-refractivity contribution in [3.05, 3.63) is 29.6 Å². The number of aliphatic imine (C=N–C) groups is 1. The first kappa shape index (κ1) is 20.2. The third-order valence-corrected chi connectivity index (χ3v) is 4.23. The third kappa shape index (κ3) is 4.94. The number of hydrogen-bond acceptors (Lipinski definition) is 5. The first-order valence-corrected chi connectivity index (χ1v) is 8.73. The Balaban J connectivity index is 2.13. The van der Waals surface area contributed by atoms with E-state index < -0.39 is 18.1 Å². The van der Waals surface area contributed by atoms with Crippen LogP contribution in [0.15, 0.2) is 23.2 Å². The predicted octanol–water partition coefficient (Wildman–Crippen LogP) is 3.22. The minimum atomic E-state index is -0.541. The summed E-state index contributed by atoms with van der Waals surface area (Å²) >= 11 is 0. The predicted molar refractivity (Wildman–Crippen MR) is 97.1 cm³/mol.